The number of rotatable bonds is 7. The molecule has 1 N–H and O–H groups in total. The van der Waals surface area contributed by atoms with Gasteiger partial charge in [0.15, 0.2) is 4.59 Å². The van der Waals surface area contributed by atoms with Crippen LogP contribution in [-0.4, -0.2) is 20.7 Å². The Bertz CT molecular complexity index is 584. The van der Waals surface area contributed by atoms with Crippen LogP contribution in [0.25, 0.3) is 0 Å². The highest BCUT2D eigenvalue weighted by Crippen LogP contribution is 2.64. The van der Waals surface area contributed by atoms with E-state index in [1.807, 2.05) is 32.9 Å². The number of aryl methyl sites for hydroxylation is 1. The third-order valence-corrected chi connectivity index (χ3v) is 17.3. The normalized spacial score (nSPS) is 16.6. The smallest absolute Gasteiger partial charge is 0.226 e. The molecule has 0 radical (unpaired) electrons. The van der Waals surface area contributed by atoms with E-state index >= 15 is 0 Å². The Morgan fingerprint density at radius 1 is 1.30 bits per heavy atom. The summed E-state index contributed by atoms with van der Waals surface area (Å²) in [6, 6.07) is 7.06. The van der Waals surface area contributed by atoms with Gasteiger partial charge in [0.05, 0.1) is 4.90 Å². The fraction of sp³-hybridized carbons (Fsp3) is 0.538. The molecular formula is C13H22NO2PS3. The quantitative estimate of drug-likeness (QED) is 0.753. The molecule has 1 aromatic carbocycles. The summed E-state index contributed by atoms with van der Waals surface area (Å²) in [5, 5.41) is 3.13. The third-order valence-electron chi connectivity index (χ3n) is 3.11. The largest absolute Gasteiger partial charge is 0.272 e. The number of hydrogen-bond donors (Lipinski definition) is 1. The zero-order valence-corrected chi connectivity index (χ0v) is 15.6. The second-order valence-electron chi connectivity index (χ2n) is 4.52. The van der Waals surface area contributed by atoms with Crippen LogP contribution in [0.1, 0.15) is 32.8 Å². The minimum atomic E-state index is -3.50. The lowest BCUT2D eigenvalue weighted by atomic mass is 10.2. The van der Waals surface area contributed by atoms with E-state index in [1.165, 1.54) is 11.4 Å². The van der Waals surface area contributed by atoms with Crippen LogP contribution in [0.2, 0.25) is 0 Å². The fourth-order valence-corrected chi connectivity index (χ4v) is 13.1. The van der Waals surface area contributed by atoms with Crippen molar-refractivity contribution in [3.63, 3.8) is 0 Å². The Morgan fingerprint density at radius 2 is 1.85 bits per heavy atom. The lowest BCUT2D eigenvalue weighted by Crippen LogP contribution is -2.13. The first-order valence-electron chi connectivity index (χ1n) is 6.62. The zero-order chi connectivity index (χ0) is 15.4. The van der Waals surface area contributed by atoms with Gasteiger partial charge in [-0.25, -0.2) is 8.42 Å². The van der Waals surface area contributed by atoms with Crippen LogP contribution in [0.15, 0.2) is 29.2 Å². The molecule has 0 bridgehead atoms. The van der Waals surface area contributed by atoms with E-state index in [1.54, 1.807) is 19.2 Å². The first-order valence-corrected chi connectivity index (χ1v) is 13.0. The maximum atomic E-state index is 12.8. The van der Waals surface area contributed by atoms with Crippen molar-refractivity contribution in [3.8, 4) is 0 Å². The van der Waals surface area contributed by atoms with Gasteiger partial charge in [-0.2, -0.15) is 0 Å². The summed E-state index contributed by atoms with van der Waals surface area (Å²) < 4.78 is 22.8. The lowest BCUT2D eigenvalue weighted by molar-refractivity contribution is 0.609. The predicted octanol–water partition coefficient (Wildman–Crippen LogP) is 4.00. The van der Waals surface area contributed by atoms with Crippen LogP contribution in [0, 0.1) is 0 Å². The highest BCUT2D eigenvalue weighted by Gasteiger charge is 2.35. The molecule has 0 saturated heterocycles. The van der Waals surface area contributed by atoms with Crippen molar-refractivity contribution >= 4 is 37.2 Å². The molecule has 0 fully saturated rings. The van der Waals surface area contributed by atoms with E-state index in [0.29, 0.717) is 4.90 Å². The van der Waals surface area contributed by atoms with Crippen LogP contribution >= 0.6 is 16.0 Å². The van der Waals surface area contributed by atoms with Crippen LogP contribution in [0.5, 0.6) is 0 Å². The molecule has 114 valence electrons. The van der Waals surface area contributed by atoms with Crippen molar-refractivity contribution < 1.29 is 8.42 Å². The molecule has 0 saturated carbocycles. The Morgan fingerprint density at radius 3 is 2.25 bits per heavy atom. The maximum Gasteiger partial charge on any atom is 0.226 e. The Labute approximate surface area is 131 Å². The molecule has 1 rings (SSSR count). The molecule has 3 nitrogen and oxygen atoms in total. The maximum absolute atomic E-state index is 12.8. The van der Waals surface area contributed by atoms with Crippen LogP contribution in [0.3, 0.4) is 0 Å². The van der Waals surface area contributed by atoms with E-state index in [9.17, 15) is 8.42 Å². The van der Waals surface area contributed by atoms with Crippen molar-refractivity contribution in [3.05, 3.63) is 29.8 Å². The van der Waals surface area contributed by atoms with Crippen molar-refractivity contribution in [2.75, 3.05) is 7.05 Å². The van der Waals surface area contributed by atoms with Gasteiger partial charge in [0, 0.05) is 5.25 Å². The molecule has 2 unspecified atom stereocenters. The summed E-state index contributed by atoms with van der Waals surface area (Å²) in [5.41, 5.74) is 1.12. The Kier molecular flexibility index (Phi) is 6.74. The molecule has 0 spiro atoms. The Balaban J connectivity index is 3.20. The highest BCUT2D eigenvalue weighted by atomic mass is 33.3. The van der Waals surface area contributed by atoms with Crippen LogP contribution < -0.4 is 5.09 Å². The second-order valence-corrected chi connectivity index (χ2v) is 17.5. The van der Waals surface area contributed by atoms with E-state index in [2.05, 4.69) is 5.09 Å². The molecule has 2 atom stereocenters. The van der Waals surface area contributed by atoms with Crippen molar-refractivity contribution in [2.24, 2.45) is 0 Å². The topological polar surface area (TPSA) is 46.2 Å². The Hall–Kier alpha value is 0.130. The molecule has 7 heteroatoms. The lowest BCUT2D eigenvalue weighted by Gasteiger charge is -2.23. The van der Waals surface area contributed by atoms with Gasteiger partial charge in [-0.3, -0.25) is 5.09 Å². The summed E-state index contributed by atoms with van der Waals surface area (Å²) in [5.74, 6) is 0. The highest BCUT2D eigenvalue weighted by molar-refractivity contribution is 8.97. The summed E-state index contributed by atoms with van der Waals surface area (Å²) in [4.78, 5) is 0.322. The third kappa shape index (κ3) is 3.86. The predicted molar refractivity (Wildman–Crippen MR) is 93.7 cm³/mol. The summed E-state index contributed by atoms with van der Waals surface area (Å²) in [6.45, 7) is 6.09. The standard InChI is InChI=1S/C13H22NO2PS3/c1-5-11(3)19-17(18,14-4)20(15,16)13-9-7-12(6-2)8-10-13/h7-11H,5-6H2,1-4H3,(H,14,18). The van der Waals surface area contributed by atoms with Crippen molar-refractivity contribution in [1.29, 1.82) is 0 Å². The summed E-state index contributed by atoms with van der Waals surface area (Å²) in [6.07, 6.45) is 1.79. The van der Waals surface area contributed by atoms with Gasteiger partial charge < -0.3 is 0 Å². The van der Waals surface area contributed by atoms with Crippen molar-refractivity contribution in [2.45, 2.75) is 43.8 Å². The van der Waals surface area contributed by atoms with Gasteiger partial charge in [0.25, 0.3) is 0 Å². The molecule has 0 aliphatic carbocycles. The zero-order valence-electron chi connectivity index (χ0n) is 12.3. The first-order chi connectivity index (χ1) is 9.30. The van der Waals surface area contributed by atoms with Gasteiger partial charge in [0.2, 0.25) is 9.46 Å². The average molecular weight is 351 g/mol. The second kappa shape index (κ2) is 7.41. The van der Waals surface area contributed by atoms with Crippen LogP contribution in [-0.2, 0) is 27.7 Å². The SMILES string of the molecule is CCc1ccc(S(=O)(=O)P(=S)(NC)SC(C)CC)cc1. The minimum Gasteiger partial charge on any atom is -0.272 e. The van der Waals surface area contributed by atoms with E-state index in [0.717, 1.165) is 18.4 Å². The van der Waals surface area contributed by atoms with Gasteiger partial charge in [-0.1, -0.05) is 56.1 Å². The van der Waals surface area contributed by atoms with Gasteiger partial charge >= 0.3 is 0 Å². The van der Waals surface area contributed by atoms with Gasteiger partial charge in [-0.05, 0) is 37.6 Å². The first kappa shape index (κ1) is 18.2. The average Bonchev–Trinajstić information content (AvgIpc) is 2.46. The van der Waals surface area contributed by atoms with Crippen molar-refractivity contribution in [1.82, 2.24) is 5.09 Å². The molecule has 1 aromatic rings. The molecule has 0 aliphatic rings. The number of hydrogen-bond acceptors (Lipinski definition) is 4. The summed E-state index contributed by atoms with van der Waals surface area (Å²) >= 11 is 6.89. The van der Waals surface area contributed by atoms with E-state index in [-0.39, 0.29) is 5.25 Å². The fourth-order valence-electron chi connectivity index (χ4n) is 1.58. The molecule has 0 amide bonds. The number of nitrogens with one attached hydrogen (secondary N) is 1. The molecule has 0 aromatic heterocycles. The minimum absolute atomic E-state index is 0.220. The molecule has 20 heavy (non-hydrogen) atoms. The molecule has 0 aliphatic heterocycles. The van der Waals surface area contributed by atoms with E-state index in [4.69, 9.17) is 11.8 Å². The van der Waals surface area contributed by atoms with E-state index < -0.39 is 14.0 Å². The van der Waals surface area contributed by atoms with Gasteiger partial charge in [0.1, 0.15) is 0 Å². The van der Waals surface area contributed by atoms with Gasteiger partial charge in [-0.15, -0.1) is 0 Å². The molecular weight excluding hydrogens is 329 g/mol. The van der Waals surface area contributed by atoms with Crippen LogP contribution in [0.4, 0.5) is 0 Å². The number of benzene rings is 1. The molecule has 0 heterocycles. The summed E-state index contributed by atoms with van der Waals surface area (Å²) in [7, 11) is -1.86. The monoisotopic (exact) mass is 351 g/mol.